The first kappa shape index (κ1) is 23.0. The SMILES string of the molecule is C1=C(c2ccc3ccc4cccnc4c3n2)CN(c2ccc3ccc4cccnc4c3n2)c2c1ccc1ncccc21. The molecule has 1 aliphatic heterocycles. The summed E-state index contributed by atoms with van der Waals surface area (Å²) in [5, 5.41) is 5.38. The van der Waals surface area contributed by atoms with Gasteiger partial charge in [-0.1, -0.05) is 48.5 Å². The van der Waals surface area contributed by atoms with Crippen LogP contribution in [-0.4, -0.2) is 31.5 Å². The molecule has 42 heavy (non-hydrogen) atoms. The minimum Gasteiger partial charge on any atom is -0.321 e. The number of fused-ring (bicyclic) bond motifs is 9. The fraction of sp³-hybridized carbons (Fsp3) is 0.0278. The summed E-state index contributed by atoms with van der Waals surface area (Å²) in [5.74, 6) is 0.858. The monoisotopic (exact) mass is 538 g/mol. The highest BCUT2D eigenvalue weighted by molar-refractivity contribution is 6.07. The first-order valence-electron chi connectivity index (χ1n) is 14.0. The van der Waals surface area contributed by atoms with Gasteiger partial charge in [0.25, 0.3) is 0 Å². The van der Waals surface area contributed by atoms with Crippen molar-refractivity contribution in [3.05, 3.63) is 127 Å². The van der Waals surface area contributed by atoms with E-state index in [2.05, 4.69) is 105 Å². The molecule has 6 heteroatoms. The van der Waals surface area contributed by atoms with Crippen LogP contribution in [0.3, 0.4) is 0 Å². The fourth-order valence-electron chi connectivity index (χ4n) is 6.17. The van der Waals surface area contributed by atoms with Crippen LogP contribution in [0.1, 0.15) is 11.3 Å². The van der Waals surface area contributed by atoms with Crippen molar-refractivity contribution in [1.29, 1.82) is 0 Å². The Morgan fingerprint density at radius 1 is 0.524 bits per heavy atom. The Morgan fingerprint density at radius 3 is 1.90 bits per heavy atom. The van der Waals surface area contributed by atoms with Gasteiger partial charge in [-0.15, -0.1) is 0 Å². The van der Waals surface area contributed by atoms with Crippen LogP contribution in [0.25, 0.3) is 66.2 Å². The van der Waals surface area contributed by atoms with Gasteiger partial charge in [0.1, 0.15) is 5.82 Å². The molecule has 0 amide bonds. The predicted molar refractivity (Wildman–Crippen MR) is 171 cm³/mol. The summed E-state index contributed by atoms with van der Waals surface area (Å²) in [6, 6.07) is 33.4. The third-order valence-corrected chi connectivity index (χ3v) is 8.17. The number of nitrogens with zero attached hydrogens (tertiary/aromatic N) is 6. The molecule has 0 fully saturated rings. The Kier molecular flexibility index (Phi) is 4.86. The summed E-state index contributed by atoms with van der Waals surface area (Å²) < 4.78 is 0. The van der Waals surface area contributed by atoms with Crippen molar-refractivity contribution in [1.82, 2.24) is 24.9 Å². The molecule has 0 saturated carbocycles. The molecule has 6 heterocycles. The molecule has 3 aromatic carbocycles. The lowest BCUT2D eigenvalue weighted by Crippen LogP contribution is -2.25. The maximum Gasteiger partial charge on any atom is 0.134 e. The zero-order valence-electron chi connectivity index (χ0n) is 22.4. The van der Waals surface area contributed by atoms with E-state index >= 15 is 0 Å². The number of hydrogen-bond acceptors (Lipinski definition) is 6. The fourth-order valence-corrected chi connectivity index (χ4v) is 6.17. The lowest BCUT2D eigenvalue weighted by molar-refractivity contribution is 1.06. The zero-order chi connectivity index (χ0) is 27.6. The van der Waals surface area contributed by atoms with Crippen LogP contribution >= 0.6 is 0 Å². The molecule has 0 saturated heterocycles. The summed E-state index contributed by atoms with van der Waals surface area (Å²) in [7, 11) is 0. The average molecular weight is 539 g/mol. The number of aromatic nitrogens is 5. The smallest absolute Gasteiger partial charge is 0.134 e. The zero-order valence-corrected chi connectivity index (χ0v) is 22.4. The molecule has 0 spiro atoms. The van der Waals surface area contributed by atoms with Crippen molar-refractivity contribution in [2.75, 3.05) is 11.4 Å². The quantitative estimate of drug-likeness (QED) is 0.207. The van der Waals surface area contributed by atoms with E-state index in [0.29, 0.717) is 6.54 Å². The summed E-state index contributed by atoms with van der Waals surface area (Å²) in [4.78, 5) is 26.7. The van der Waals surface area contributed by atoms with Crippen molar-refractivity contribution in [3.8, 4) is 0 Å². The second-order valence-electron chi connectivity index (χ2n) is 10.6. The molecule has 5 aromatic heterocycles. The molecule has 0 bridgehead atoms. The first-order valence-corrected chi connectivity index (χ1v) is 14.0. The Labute approximate surface area is 240 Å². The van der Waals surface area contributed by atoms with Gasteiger partial charge in [0.05, 0.1) is 45.5 Å². The number of hydrogen-bond donors (Lipinski definition) is 0. The van der Waals surface area contributed by atoms with Crippen LogP contribution in [0.5, 0.6) is 0 Å². The average Bonchev–Trinajstić information content (AvgIpc) is 3.07. The van der Waals surface area contributed by atoms with E-state index in [-0.39, 0.29) is 0 Å². The van der Waals surface area contributed by atoms with Crippen molar-refractivity contribution in [3.63, 3.8) is 0 Å². The van der Waals surface area contributed by atoms with Crippen LogP contribution < -0.4 is 4.90 Å². The summed E-state index contributed by atoms with van der Waals surface area (Å²) in [5.41, 5.74) is 8.81. The van der Waals surface area contributed by atoms with Gasteiger partial charge in [0.15, 0.2) is 0 Å². The van der Waals surface area contributed by atoms with Crippen LogP contribution in [-0.2, 0) is 0 Å². The van der Waals surface area contributed by atoms with Crippen LogP contribution in [0, 0.1) is 0 Å². The summed E-state index contributed by atoms with van der Waals surface area (Å²) in [6.07, 6.45) is 7.75. The number of rotatable bonds is 2. The lowest BCUT2D eigenvalue weighted by atomic mass is 9.96. The Hall–Kier alpha value is -5.75. The van der Waals surface area contributed by atoms with Crippen LogP contribution in [0.15, 0.2) is 116 Å². The third-order valence-electron chi connectivity index (χ3n) is 8.17. The molecule has 6 nitrogen and oxygen atoms in total. The highest BCUT2D eigenvalue weighted by Gasteiger charge is 2.25. The molecular weight excluding hydrogens is 516 g/mol. The van der Waals surface area contributed by atoms with Gasteiger partial charge >= 0.3 is 0 Å². The number of benzene rings is 3. The lowest BCUT2D eigenvalue weighted by Gasteiger charge is -2.32. The molecule has 196 valence electrons. The van der Waals surface area contributed by atoms with Crippen molar-refractivity contribution in [2.24, 2.45) is 0 Å². The topological polar surface area (TPSA) is 67.7 Å². The van der Waals surface area contributed by atoms with Crippen molar-refractivity contribution < 1.29 is 0 Å². The normalized spacial score (nSPS) is 13.2. The van der Waals surface area contributed by atoms with Gasteiger partial charge in [-0.2, -0.15) is 0 Å². The van der Waals surface area contributed by atoms with Gasteiger partial charge < -0.3 is 4.90 Å². The maximum atomic E-state index is 5.24. The largest absolute Gasteiger partial charge is 0.321 e. The molecule has 0 aliphatic carbocycles. The van der Waals surface area contributed by atoms with Crippen molar-refractivity contribution >= 4 is 77.7 Å². The van der Waals surface area contributed by atoms with E-state index in [9.17, 15) is 0 Å². The molecule has 0 atom stereocenters. The molecule has 0 unspecified atom stereocenters. The van der Waals surface area contributed by atoms with Gasteiger partial charge in [-0.25, -0.2) is 9.97 Å². The first-order chi connectivity index (χ1) is 20.8. The minimum atomic E-state index is 0.606. The summed E-state index contributed by atoms with van der Waals surface area (Å²) in [6.45, 7) is 0.606. The van der Waals surface area contributed by atoms with Crippen LogP contribution in [0.4, 0.5) is 11.5 Å². The molecule has 8 aromatic rings. The van der Waals surface area contributed by atoms with E-state index in [0.717, 1.165) is 82.9 Å². The molecule has 1 aliphatic rings. The molecule has 0 N–H and O–H groups in total. The van der Waals surface area contributed by atoms with E-state index < -0.39 is 0 Å². The maximum absolute atomic E-state index is 5.24. The van der Waals surface area contributed by atoms with Crippen molar-refractivity contribution in [2.45, 2.75) is 0 Å². The van der Waals surface area contributed by atoms with Gasteiger partial charge in [-0.3, -0.25) is 15.0 Å². The van der Waals surface area contributed by atoms with E-state index in [1.54, 1.807) is 0 Å². The Morgan fingerprint density at radius 2 is 1.14 bits per heavy atom. The highest BCUT2D eigenvalue weighted by atomic mass is 15.2. The van der Waals surface area contributed by atoms with Crippen LogP contribution in [0.2, 0.25) is 0 Å². The number of anilines is 2. The van der Waals surface area contributed by atoms with E-state index in [1.807, 2.05) is 36.8 Å². The molecule has 0 radical (unpaired) electrons. The second-order valence-corrected chi connectivity index (χ2v) is 10.6. The molecule has 9 rings (SSSR count). The Balaban J connectivity index is 1.27. The number of pyridine rings is 5. The highest BCUT2D eigenvalue weighted by Crippen LogP contribution is 2.42. The Bertz CT molecular complexity index is 2410. The van der Waals surface area contributed by atoms with Gasteiger partial charge in [-0.05, 0) is 65.7 Å². The summed E-state index contributed by atoms with van der Waals surface area (Å²) >= 11 is 0. The van der Waals surface area contributed by atoms with Gasteiger partial charge in [0, 0.05) is 45.5 Å². The van der Waals surface area contributed by atoms with Gasteiger partial charge in [0.2, 0.25) is 0 Å². The third kappa shape index (κ3) is 3.48. The molecular formula is C36H22N6. The second kappa shape index (κ2) is 8.88. The minimum absolute atomic E-state index is 0.606. The van der Waals surface area contributed by atoms with E-state index in [1.165, 1.54) is 0 Å². The predicted octanol–water partition coefficient (Wildman–Crippen LogP) is 8.12. The van der Waals surface area contributed by atoms with E-state index in [4.69, 9.17) is 9.97 Å². The standard InChI is InChI=1S/C36H22N6/c1-4-22-7-9-24-11-14-29(40-34(24)32(22)38-18-1)27-20-26-12-15-30-28(6-3-17-37-30)36(26)42(21-27)31-16-13-25-10-8-23-5-2-19-39-33(23)35(25)41-31/h1-20H,21H2.